The number of benzene rings is 2. The maximum Gasteiger partial charge on any atom is 0.207 e. The molecule has 2 nitrogen and oxygen atoms in total. The third kappa shape index (κ3) is 3.27. The fourth-order valence-corrected chi connectivity index (χ4v) is 2.27. The van der Waals surface area contributed by atoms with Gasteiger partial charge in [0.05, 0.1) is 6.04 Å². The van der Waals surface area contributed by atoms with E-state index in [0.717, 1.165) is 17.5 Å². The molecule has 0 radical (unpaired) electrons. The first-order chi connectivity index (χ1) is 9.52. The van der Waals surface area contributed by atoms with Gasteiger partial charge in [0.15, 0.2) is 0 Å². The second kappa shape index (κ2) is 5.91. The van der Waals surface area contributed by atoms with Crippen LogP contribution in [0.2, 0.25) is 0 Å². The van der Waals surface area contributed by atoms with Crippen LogP contribution in [0.1, 0.15) is 43.5 Å². The summed E-state index contributed by atoms with van der Waals surface area (Å²) < 4.78 is 0. The van der Waals surface area contributed by atoms with Crippen molar-refractivity contribution in [3.8, 4) is 0 Å². The smallest absolute Gasteiger partial charge is 0.207 e. The Hall–Kier alpha value is -2.09. The van der Waals surface area contributed by atoms with Crippen LogP contribution < -0.4 is 5.32 Å². The largest absolute Gasteiger partial charge is 0.348 e. The summed E-state index contributed by atoms with van der Waals surface area (Å²) in [7, 11) is 0. The molecule has 0 heterocycles. The third-order valence-electron chi connectivity index (χ3n) is 3.48. The van der Waals surface area contributed by atoms with Crippen molar-refractivity contribution in [2.24, 2.45) is 0 Å². The average molecular weight is 267 g/mol. The molecule has 104 valence electrons. The van der Waals surface area contributed by atoms with E-state index in [1.165, 1.54) is 5.56 Å². The summed E-state index contributed by atoms with van der Waals surface area (Å²) in [6, 6.07) is 18.4. The van der Waals surface area contributed by atoms with Gasteiger partial charge in [0.1, 0.15) is 0 Å². The maximum absolute atomic E-state index is 10.9. The van der Waals surface area contributed by atoms with Crippen LogP contribution in [0.3, 0.4) is 0 Å². The number of carbonyl (C=O) groups is 1. The molecular weight excluding hydrogens is 246 g/mol. The molecule has 0 aliphatic rings. The number of hydrogen-bond donors (Lipinski definition) is 1. The van der Waals surface area contributed by atoms with Gasteiger partial charge in [-0.15, -0.1) is 0 Å². The summed E-state index contributed by atoms with van der Waals surface area (Å²) in [4.78, 5) is 10.9. The highest BCUT2D eigenvalue weighted by Crippen LogP contribution is 2.26. The number of amides is 1. The molecule has 2 aromatic carbocycles. The van der Waals surface area contributed by atoms with E-state index in [9.17, 15) is 4.79 Å². The van der Waals surface area contributed by atoms with E-state index in [1.54, 1.807) is 0 Å². The predicted octanol–water partition coefficient (Wildman–Crippen LogP) is 3.82. The van der Waals surface area contributed by atoms with Crippen LogP contribution in [-0.2, 0) is 10.2 Å². The highest BCUT2D eigenvalue weighted by molar-refractivity contribution is 5.50. The molecule has 0 aliphatic carbocycles. The van der Waals surface area contributed by atoms with Crippen LogP contribution in [0.4, 0.5) is 0 Å². The molecule has 2 heteroatoms. The minimum atomic E-state index is -0.0947. The molecular formula is C18H21NO. The predicted molar refractivity (Wildman–Crippen MR) is 82.6 cm³/mol. The summed E-state index contributed by atoms with van der Waals surface area (Å²) in [5, 5.41) is 2.89. The molecule has 1 amide bonds. The van der Waals surface area contributed by atoms with Crippen molar-refractivity contribution < 1.29 is 4.79 Å². The summed E-state index contributed by atoms with van der Waals surface area (Å²) in [5.74, 6) is 0. The number of nitrogens with one attached hydrogen (secondary N) is 1. The molecule has 0 aromatic heterocycles. The molecule has 2 aromatic rings. The molecule has 1 atom stereocenters. The maximum atomic E-state index is 10.9. The number of hydrogen-bond acceptors (Lipinski definition) is 1. The normalized spacial score (nSPS) is 12.8. The van der Waals surface area contributed by atoms with Crippen molar-refractivity contribution in [1.29, 1.82) is 0 Å². The zero-order valence-electron chi connectivity index (χ0n) is 12.3. The van der Waals surface area contributed by atoms with Gasteiger partial charge in [0, 0.05) is 0 Å². The highest BCUT2D eigenvalue weighted by Gasteiger charge is 2.16. The molecule has 0 unspecified atom stereocenters. The van der Waals surface area contributed by atoms with E-state index in [0.29, 0.717) is 0 Å². The topological polar surface area (TPSA) is 29.1 Å². The first kappa shape index (κ1) is 14.3. The first-order valence-electron chi connectivity index (χ1n) is 6.87. The van der Waals surface area contributed by atoms with Gasteiger partial charge in [-0.3, -0.25) is 4.79 Å². The minimum absolute atomic E-state index is 0.0947. The quantitative estimate of drug-likeness (QED) is 0.838. The number of carbonyl (C=O) groups excluding carboxylic acids is 1. The average Bonchev–Trinajstić information content (AvgIpc) is 2.45. The van der Waals surface area contributed by atoms with Crippen LogP contribution in [0, 0.1) is 0 Å². The lowest BCUT2D eigenvalue weighted by Crippen LogP contribution is -2.21. The van der Waals surface area contributed by atoms with Crippen molar-refractivity contribution in [3.05, 3.63) is 71.3 Å². The van der Waals surface area contributed by atoms with Gasteiger partial charge in [0.2, 0.25) is 6.41 Å². The van der Waals surface area contributed by atoms with E-state index < -0.39 is 0 Å². The first-order valence-corrected chi connectivity index (χ1v) is 6.87. The highest BCUT2D eigenvalue weighted by atomic mass is 16.1. The van der Waals surface area contributed by atoms with Crippen molar-refractivity contribution in [1.82, 2.24) is 5.32 Å². The van der Waals surface area contributed by atoms with Crippen molar-refractivity contribution in [2.45, 2.75) is 32.2 Å². The van der Waals surface area contributed by atoms with E-state index in [1.807, 2.05) is 30.3 Å². The molecule has 0 aliphatic heterocycles. The Balaban J connectivity index is 2.33. The summed E-state index contributed by atoms with van der Waals surface area (Å²) in [5.41, 5.74) is 3.61. The van der Waals surface area contributed by atoms with Crippen molar-refractivity contribution in [3.63, 3.8) is 0 Å². The van der Waals surface area contributed by atoms with Gasteiger partial charge in [-0.2, -0.15) is 0 Å². The van der Waals surface area contributed by atoms with Crippen LogP contribution in [-0.4, -0.2) is 6.41 Å². The Kier molecular flexibility index (Phi) is 4.23. The van der Waals surface area contributed by atoms with E-state index in [-0.39, 0.29) is 11.5 Å². The Morgan fingerprint density at radius 3 is 1.95 bits per heavy atom. The summed E-state index contributed by atoms with van der Waals surface area (Å²) in [6.45, 7) is 6.58. The second-order valence-corrected chi connectivity index (χ2v) is 6.00. The van der Waals surface area contributed by atoms with Crippen LogP contribution in [0.25, 0.3) is 0 Å². The molecule has 0 saturated heterocycles. The molecule has 0 spiro atoms. The SMILES string of the molecule is CC(C)(C)c1ccc([C@H](NC=O)c2ccccc2)cc1. The van der Waals surface area contributed by atoms with Gasteiger partial charge in [-0.1, -0.05) is 75.4 Å². The Morgan fingerprint density at radius 1 is 0.900 bits per heavy atom. The lowest BCUT2D eigenvalue weighted by atomic mass is 9.86. The second-order valence-electron chi connectivity index (χ2n) is 6.00. The lowest BCUT2D eigenvalue weighted by molar-refractivity contribution is -0.110. The fraction of sp³-hybridized carbons (Fsp3) is 0.278. The molecule has 0 fully saturated rings. The summed E-state index contributed by atoms with van der Waals surface area (Å²) >= 11 is 0. The van der Waals surface area contributed by atoms with Crippen molar-refractivity contribution in [2.75, 3.05) is 0 Å². The summed E-state index contributed by atoms with van der Waals surface area (Å²) in [6.07, 6.45) is 0.759. The standard InChI is InChI=1S/C18H21NO/c1-18(2,3)16-11-9-15(10-12-16)17(19-13-20)14-7-5-4-6-8-14/h4-13,17H,1-3H3,(H,19,20)/t17-/m1/s1. The Morgan fingerprint density at radius 2 is 1.45 bits per heavy atom. The zero-order valence-corrected chi connectivity index (χ0v) is 12.3. The fourth-order valence-electron chi connectivity index (χ4n) is 2.27. The van der Waals surface area contributed by atoms with E-state index in [4.69, 9.17) is 0 Å². The number of rotatable bonds is 4. The van der Waals surface area contributed by atoms with Crippen molar-refractivity contribution >= 4 is 6.41 Å². The van der Waals surface area contributed by atoms with E-state index >= 15 is 0 Å². The molecule has 1 N–H and O–H groups in total. The van der Waals surface area contributed by atoms with E-state index in [2.05, 4.69) is 50.4 Å². The van der Waals surface area contributed by atoms with Gasteiger partial charge in [-0.25, -0.2) is 0 Å². The molecule has 20 heavy (non-hydrogen) atoms. The minimum Gasteiger partial charge on any atom is -0.348 e. The molecule has 0 bridgehead atoms. The molecule has 2 rings (SSSR count). The zero-order chi connectivity index (χ0) is 14.6. The Labute approximate surface area is 120 Å². The Bertz CT molecular complexity index is 552. The van der Waals surface area contributed by atoms with Gasteiger partial charge in [0.25, 0.3) is 0 Å². The monoisotopic (exact) mass is 267 g/mol. The van der Waals surface area contributed by atoms with Gasteiger partial charge >= 0.3 is 0 Å². The van der Waals surface area contributed by atoms with Crippen LogP contribution in [0.15, 0.2) is 54.6 Å². The van der Waals surface area contributed by atoms with Crippen LogP contribution in [0.5, 0.6) is 0 Å². The van der Waals surface area contributed by atoms with Crippen LogP contribution >= 0.6 is 0 Å². The molecule has 0 saturated carbocycles. The van der Waals surface area contributed by atoms with Gasteiger partial charge < -0.3 is 5.32 Å². The van der Waals surface area contributed by atoms with Gasteiger partial charge in [-0.05, 0) is 22.1 Å². The lowest BCUT2D eigenvalue weighted by Gasteiger charge is -2.21. The third-order valence-corrected chi connectivity index (χ3v) is 3.48.